The van der Waals surface area contributed by atoms with Crippen molar-refractivity contribution in [1.29, 1.82) is 0 Å². The van der Waals surface area contributed by atoms with Crippen LogP contribution in [0.4, 0.5) is 0 Å². The molecule has 0 bridgehead atoms. The summed E-state index contributed by atoms with van der Waals surface area (Å²) >= 11 is 0. The van der Waals surface area contributed by atoms with Gasteiger partial charge in [-0.15, -0.1) is 0 Å². The van der Waals surface area contributed by atoms with Crippen molar-refractivity contribution in [1.82, 2.24) is 0 Å². The zero-order valence-corrected chi connectivity index (χ0v) is 18.2. The largest absolute Gasteiger partial charge is 0.412 e. The van der Waals surface area contributed by atoms with E-state index in [0.717, 1.165) is 12.8 Å². The van der Waals surface area contributed by atoms with Gasteiger partial charge in [-0.2, -0.15) is 0 Å². The molecule has 0 unspecified atom stereocenters. The third-order valence-electron chi connectivity index (χ3n) is 5.78. The lowest BCUT2D eigenvalue weighted by molar-refractivity contribution is 0.0288. The number of epoxide rings is 1. The van der Waals surface area contributed by atoms with E-state index in [9.17, 15) is 5.11 Å². The number of aliphatic hydroxyl groups is 1. The van der Waals surface area contributed by atoms with Crippen LogP contribution in [0.25, 0.3) is 0 Å². The third-order valence-corrected chi connectivity index (χ3v) is 10.3. The summed E-state index contributed by atoms with van der Waals surface area (Å²) in [4.78, 5) is 0. The van der Waals surface area contributed by atoms with E-state index < -0.39 is 8.32 Å². The molecule has 1 saturated heterocycles. The van der Waals surface area contributed by atoms with E-state index in [-0.39, 0.29) is 29.5 Å². The topological polar surface area (TPSA) is 51.2 Å². The van der Waals surface area contributed by atoms with Crippen molar-refractivity contribution >= 4 is 8.32 Å². The maximum Gasteiger partial charge on any atom is 0.192 e. The fourth-order valence-electron chi connectivity index (χ4n) is 2.78. The highest BCUT2D eigenvalue weighted by Crippen LogP contribution is 2.41. The Labute approximate surface area is 160 Å². The van der Waals surface area contributed by atoms with Crippen LogP contribution < -0.4 is 0 Å². The summed E-state index contributed by atoms with van der Waals surface area (Å²) < 4.78 is 18.2. The van der Waals surface area contributed by atoms with Crippen LogP contribution in [0.5, 0.6) is 0 Å². The maximum absolute atomic E-state index is 9.39. The average molecular weight is 381 g/mol. The minimum absolute atomic E-state index is 0.0618. The van der Waals surface area contributed by atoms with Gasteiger partial charge < -0.3 is 19.0 Å². The number of hydrogen-bond acceptors (Lipinski definition) is 4. The van der Waals surface area contributed by atoms with Gasteiger partial charge in [0.05, 0.1) is 32.0 Å². The predicted octanol–water partition coefficient (Wildman–Crippen LogP) is 4.52. The number of benzene rings is 1. The molecule has 4 nitrogen and oxygen atoms in total. The number of hydrogen-bond donors (Lipinski definition) is 1. The van der Waals surface area contributed by atoms with Gasteiger partial charge in [-0.1, -0.05) is 51.1 Å². The Hall–Kier alpha value is -0.723. The van der Waals surface area contributed by atoms with Crippen LogP contribution in [-0.2, 0) is 20.5 Å². The SMILES string of the molecule is CC(C)(C)[Si](C)(C)O[C@H](CC[C@@H]1O[C@]1(C)CO)COCc1ccccc1. The fraction of sp³-hybridized carbons (Fsp3) is 0.714. The zero-order chi connectivity index (χ0) is 19.4. The molecule has 1 fully saturated rings. The summed E-state index contributed by atoms with van der Waals surface area (Å²) in [6, 6.07) is 10.2. The van der Waals surface area contributed by atoms with Crippen LogP contribution in [0.3, 0.4) is 0 Å². The smallest absolute Gasteiger partial charge is 0.192 e. The molecular weight excluding hydrogens is 344 g/mol. The van der Waals surface area contributed by atoms with Gasteiger partial charge in [-0.25, -0.2) is 0 Å². The molecule has 1 aromatic carbocycles. The van der Waals surface area contributed by atoms with Crippen LogP contribution >= 0.6 is 0 Å². The van der Waals surface area contributed by atoms with Gasteiger partial charge in [0.15, 0.2) is 8.32 Å². The second-order valence-corrected chi connectivity index (χ2v) is 13.9. The lowest BCUT2D eigenvalue weighted by atomic mass is 10.0. The minimum atomic E-state index is -1.86. The van der Waals surface area contributed by atoms with Crippen LogP contribution in [0.1, 0.15) is 46.1 Å². The van der Waals surface area contributed by atoms with Crippen molar-refractivity contribution < 1.29 is 19.0 Å². The van der Waals surface area contributed by atoms with E-state index >= 15 is 0 Å². The molecule has 0 aliphatic carbocycles. The molecule has 26 heavy (non-hydrogen) atoms. The van der Waals surface area contributed by atoms with Gasteiger partial charge >= 0.3 is 0 Å². The number of aliphatic hydroxyl groups excluding tert-OH is 1. The fourth-order valence-corrected chi connectivity index (χ4v) is 4.16. The normalized spacial score (nSPS) is 24.5. The maximum atomic E-state index is 9.39. The Morgan fingerprint density at radius 1 is 1.23 bits per heavy atom. The van der Waals surface area contributed by atoms with Gasteiger partial charge in [0, 0.05) is 0 Å². The van der Waals surface area contributed by atoms with E-state index in [1.807, 2.05) is 25.1 Å². The second-order valence-electron chi connectivity index (χ2n) is 9.16. The molecule has 1 aliphatic rings. The summed E-state index contributed by atoms with van der Waals surface area (Å²) in [6.45, 7) is 14.6. The molecule has 0 aromatic heterocycles. The first kappa shape index (κ1) is 21.6. The number of ether oxygens (including phenoxy) is 2. The molecule has 0 saturated carbocycles. The van der Waals surface area contributed by atoms with Crippen molar-refractivity contribution in [2.24, 2.45) is 0 Å². The van der Waals surface area contributed by atoms with Gasteiger partial charge in [0.25, 0.3) is 0 Å². The molecular formula is C21H36O4Si. The van der Waals surface area contributed by atoms with E-state index in [4.69, 9.17) is 13.9 Å². The summed E-state index contributed by atoms with van der Waals surface area (Å²) in [6.07, 6.45) is 1.98. The molecule has 1 N–H and O–H groups in total. The molecule has 0 radical (unpaired) electrons. The molecule has 0 spiro atoms. The lowest BCUT2D eigenvalue weighted by Crippen LogP contribution is -2.45. The first-order valence-corrected chi connectivity index (χ1v) is 12.6. The highest BCUT2D eigenvalue weighted by molar-refractivity contribution is 6.74. The van der Waals surface area contributed by atoms with E-state index in [1.54, 1.807) is 0 Å². The predicted molar refractivity (Wildman–Crippen MR) is 108 cm³/mol. The molecule has 148 valence electrons. The van der Waals surface area contributed by atoms with Gasteiger partial charge in [0.1, 0.15) is 5.60 Å². The monoisotopic (exact) mass is 380 g/mol. The Balaban J connectivity index is 1.90. The Morgan fingerprint density at radius 2 is 1.88 bits per heavy atom. The molecule has 5 heteroatoms. The van der Waals surface area contributed by atoms with Gasteiger partial charge in [0.2, 0.25) is 0 Å². The minimum Gasteiger partial charge on any atom is -0.412 e. The number of rotatable bonds is 10. The van der Waals surface area contributed by atoms with Crippen LogP contribution in [0, 0.1) is 0 Å². The van der Waals surface area contributed by atoms with Crippen LogP contribution in [0.15, 0.2) is 30.3 Å². The van der Waals surface area contributed by atoms with Crippen molar-refractivity contribution in [3.05, 3.63) is 35.9 Å². The molecule has 3 atom stereocenters. The van der Waals surface area contributed by atoms with Crippen LogP contribution in [0.2, 0.25) is 18.1 Å². The Kier molecular flexibility index (Phi) is 7.08. The first-order chi connectivity index (χ1) is 12.1. The summed E-state index contributed by atoms with van der Waals surface area (Å²) in [5.41, 5.74) is 0.823. The molecule has 1 aliphatic heterocycles. The second kappa shape index (κ2) is 8.53. The average Bonchev–Trinajstić information content (AvgIpc) is 3.23. The van der Waals surface area contributed by atoms with Gasteiger partial charge in [-0.3, -0.25) is 0 Å². The highest BCUT2D eigenvalue weighted by atomic mass is 28.4. The third kappa shape index (κ3) is 5.89. The quantitative estimate of drug-likeness (QED) is 0.479. The summed E-state index contributed by atoms with van der Waals surface area (Å²) in [5.74, 6) is 0. The van der Waals surface area contributed by atoms with Crippen LogP contribution in [-0.4, -0.2) is 44.4 Å². The molecule has 2 rings (SSSR count). The van der Waals surface area contributed by atoms with Crippen molar-refractivity contribution in [3.63, 3.8) is 0 Å². The van der Waals surface area contributed by atoms with E-state index in [0.29, 0.717) is 13.2 Å². The summed E-state index contributed by atoms with van der Waals surface area (Å²) in [5, 5.41) is 9.55. The zero-order valence-electron chi connectivity index (χ0n) is 17.2. The summed E-state index contributed by atoms with van der Waals surface area (Å²) in [7, 11) is -1.86. The van der Waals surface area contributed by atoms with E-state index in [1.165, 1.54) is 5.56 Å². The van der Waals surface area contributed by atoms with Crippen molar-refractivity contribution in [2.75, 3.05) is 13.2 Å². The van der Waals surface area contributed by atoms with Crippen molar-refractivity contribution in [3.8, 4) is 0 Å². The van der Waals surface area contributed by atoms with Crippen molar-refractivity contribution in [2.45, 2.75) is 83.1 Å². The van der Waals surface area contributed by atoms with E-state index in [2.05, 4.69) is 46.0 Å². The Morgan fingerprint density at radius 3 is 2.42 bits per heavy atom. The van der Waals surface area contributed by atoms with Gasteiger partial charge in [-0.05, 0) is 43.5 Å². The molecule has 1 aromatic rings. The first-order valence-electron chi connectivity index (χ1n) is 9.65. The highest BCUT2D eigenvalue weighted by Gasteiger charge is 2.51. The Bertz CT molecular complexity index is 555. The molecule has 0 amide bonds. The lowest BCUT2D eigenvalue weighted by Gasteiger charge is -2.39. The molecule has 1 heterocycles. The standard InChI is InChI=1S/C21H36O4Si/c1-20(2,3)26(5,6)25-18(12-13-19-21(4,16-22)24-19)15-23-14-17-10-8-7-9-11-17/h7-11,18-19,22H,12-16H2,1-6H3/t18-,19+,21-/m1/s1.